The first-order valence-electron chi connectivity index (χ1n) is 7.63. The Balaban J connectivity index is 1.96. The summed E-state index contributed by atoms with van der Waals surface area (Å²) in [5.41, 5.74) is 0.806. The highest BCUT2D eigenvalue weighted by molar-refractivity contribution is 7.92. The molecule has 0 spiro atoms. The summed E-state index contributed by atoms with van der Waals surface area (Å²) < 4.78 is 32.5. The van der Waals surface area contributed by atoms with Crippen LogP contribution >= 0.6 is 0 Å². The lowest BCUT2D eigenvalue weighted by Gasteiger charge is -2.29. The summed E-state index contributed by atoms with van der Waals surface area (Å²) in [4.78, 5) is 14.1. The van der Waals surface area contributed by atoms with Gasteiger partial charge in [0.2, 0.25) is 15.9 Å². The third kappa shape index (κ3) is 3.22. The number of carbonyl (C=O) groups excluding carboxylic acids is 1. The van der Waals surface area contributed by atoms with Crippen LogP contribution in [0.4, 0.5) is 5.82 Å². The lowest BCUT2D eigenvalue weighted by Crippen LogP contribution is -2.47. The smallest absolute Gasteiger partial charge is 0.243 e. The molecule has 3 rings (SSSR count). The molecule has 0 saturated carbocycles. The van der Waals surface area contributed by atoms with Crippen LogP contribution in [0.5, 0.6) is 0 Å². The first kappa shape index (κ1) is 16.7. The van der Waals surface area contributed by atoms with E-state index in [1.807, 2.05) is 18.2 Å². The Morgan fingerprint density at radius 2 is 1.96 bits per heavy atom. The third-order valence-electron chi connectivity index (χ3n) is 4.02. The maximum Gasteiger partial charge on any atom is 0.243 e. The molecule has 1 aliphatic rings. The van der Waals surface area contributed by atoms with Crippen molar-refractivity contribution in [2.24, 2.45) is 7.05 Å². The van der Waals surface area contributed by atoms with Crippen molar-refractivity contribution >= 4 is 32.7 Å². The van der Waals surface area contributed by atoms with E-state index in [0.717, 1.165) is 16.1 Å². The number of amides is 1. The molecule has 130 valence electrons. The number of hydrogen-bond donors (Lipinski definition) is 0. The average molecular weight is 352 g/mol. The molecule has 0 aliphatic carbocycles. The highest BCUT2D eigenvalue weighted by Gasteiger charge is 2.28. The Bertz CT molecular complexity index is 855. The number of aromatic nitrogens is 2. The Morgan fingerprint density at radius 1 is 1.29 bits per heavy atom. The maximum absolute atomic E-state index is 12.5. The van der Waals surface area contributed by atoms with Gasteiger partial charge in [0.05, 0.1) is 25.0 Å². The van der Waals surface area contributed by atoms with Crippen molar-refractivity contribution in [3.05, 3.63) is 24.3 Å². The molecule has 2 heterocycles. The van der Waals surface area contributed by atoms with Crippen LogP contribution in [0.15, 0.2) is 24.3 Å². The Kier molecular flexibility index (Phi) is 4.46. The number of sulfonamides is 1. The summed E-state index contributed by atoms with van der Waals surface area (Å²) in [5.74, 6) is 0.0238. The lowest BCUT2D eigenvalue weighted by atomic mass is 10.2. The van der Waals surface area contributed by atoms with E-state index in [9.17, 15) is 13.2 Å². The summed E-state index contributed by atoms with van der Waals surface area (Å²) >= 11 is 0. The van der Waals surface area contributed by atoms with Gasteiger partial charge in [-0.2, -0.15) is 5.10 Å². The molecule has 0 unspecified atom stereocenters. The van der Waals surface area contributed by atoms with E-state index in [4.69, 9.17) is 4.74 Å². The number of para-hydroxylation sites is 1. The van der Waals surface area contributed by atoms with Crippen LogP contribution in [0.2, 0.25) is 0 Å². The molecule has 8 nitrogen and oxygen atoms in total. The molecular formula is C15H20N4O4S. The van der Waals surface area contributed by atoms with E-state index < -0.39 is 10.0 Å². The number of hydrogen-bond acceptors (Lipinski definition) is 5. The summed E-state index contributed by atoms with van der Waals surface area (Å²) in [5, 5.41) is 5.02. The van der Waals surface area contributed by atoms with E-state index in [0.29, 0.717) is 31.7 Å². The topological polar surface area (TPSA) is 84.7 Å². The monoisotopic (exact) mass is 352 g/mol. The first-order valence-corrected chi connectivity index (χ1v) is 9.48. The van der Waals surface area contributed by atoms with E-state index in [1.54, 1.807) is 22.7 Å². The minimum atomic E-state index is -3.65. The zero-order valence-electron chi connectivity index (χ0n) is 13.7. The number of morpholine rings is 1. The maximum atomic E-state index is 12.5. The van der Waals surface area contributed by atoms with Crippen molar-refractivity contribution in [2.75, 3.05) is 43.4 Å². The molecule has 1 aliphatic heterocycles. The SMILES string of the molecule is Cn1nc(N(CC(=O)N2CCOCC2)S(C)(=O)=O)c2ccccc21. The molecule has 24 heavy (non-hydrogen) atoms. The van der Waals surface area contributed by atoms with Crippen LogP contribution in [0.1, 0.15) is 0 Å². The largest absolute Gasteiger partial charge is 0.378 e. The van der Waals surface area contributed by atoms with Crippen LogP contribution in [0.25, 0.3) is 10.9 Å². The van der Waals surface area contributed by atoms with Gasteiger partial charge in [-0.25, -0.2) is 12.7 Å². The number of carbonyl (C=O) groups is 1. The van der Waals surface area contributed by atoms with Gasteiger partial charge in [-0.1, -0.05) is 12.1 Å². The Hall–Kier alpha value is -2.13. The van der Waals surface area contributed by atoms with Gasteiger partial charge in [0.15, 0.2) is 5.82 Å². The van der Waals surface area contributed by atoms with E-state index in [2.05, 4.69) is 5.10 Å². The molecule has 2 aromatic rings. The number of anilines is 1. The molecule has 0 N–H and O–H groups in total. The standard InChI is InChI=1S/C15H20N4O4S/c1-17-13-6-4-3-5-12(13)15(16-17)19(24(2,21)22)11-14(20)18-7-9-23-10-8-18/h3-6H,7-11H2,1-2H3. The second kappa shape index (κ2) is 6.40. The van der Waals surface area contributed by atoms with Gasteiger partial charge in [0.25, 0.3) is 0 Å². The average Bonchev–Trinajstić information content (AvgIpc) is 2.89. The van der Waals surface area contributed by atoms with Gasteiger partial charge in [0.1, 0.15) is 6.54 Å². The van der Waals surface area contributed by atoms with Gasteiger partial charge in [-0.05, 0) is 12.1 Å². The molecule has 0 atom stereocenters. The predicted octanol–water partition coefficient (Wildman–Crippen LogP) is 0.198. The summed E-state index contributed by atoms with van der Waals surface area (Å²) in [7, 11) is -1.90. The van der Waals surface area contributed by atoms with Gasteiger partial charge in [-0.3, -0.25) is 9.48 Å². The van der Waals surface area contributed by atoms with Gasteiger partial charge < -0.3 is 9.64 Å². The number of benzene rings is 1. The Labute approximate surface area is 140 Å². The first-order chi connectivity index (χ1) is 11.4. The Morgan fingerprint density at radius 3 is 2.62 bits per heavy atom. The number of fused-ring (bicyclic) bond motifs is 1. The molecule has 1 aromatic heterocycles. The quantitative estimate of drug-likeness (QED) is 0.785. The summed E-state index contributed by atoms with van der Waals surface area (Å²) in [6.45, 7) is 1.62. The summed E-state index contributed by atoms with van der Waals surface area (Å²) in [6.07, 6.45) is 1.09. The highest BCUT2D eigenvalue weighted by Crippen LogP contribution is 2.27. The zero-order valence-corrected chi connectivity index (χ0v) is 14.5. The molecule has 9 heteroatoms. The van der Waals surface area contributed by atoms with Crippen molar-refractivity contribution in [1.29, 1.82) is 0 Å². The normalized spacial score (nSPS) is 15.7. The molecular weight excluding hydrogens is 332 g/mol. The fraction of sp³-hybridized carbons (Fsp3) is 0.467. The molecule has 0 radical (unpaired) electrons. The molecule has 1 amide bonds. The van der Waals surface area contributed by atoms with E-state index in [-0.39, 0.29) is 18.3 Å². The number of aryl methyl sites for hydroxylation is 1. The van der Waals surface area contributed by atoms with E-state index >= 15 is 0 Å². The number of rotatable bonds is 4. The van der Waals surface area contributed by atoms with Gasteiger partial charge >= 0.3 is 0 Å². The molecule has 1 fully saturated rings. The fourth-order valence-electron chi connectivity index (χ4n) is 2.76. The van der Waals surface area contributed by atoms with Crippen molar-refractivity contribution in [3.8, 4) is 0 Å². The lowest BCUT2D eigenvalue weighted by molar-refractivity contribution is -0.133. The van der Waals surface area contributed by atoms with Crippen molar-refractivity contribution < 1.29 is 17.9 Å². The molecule has 1 saturated heterocycles. The van der Waals surface area contributed by atoms with E-state index in [1.165, 1.54) is 0 Å². The minimum Gasteiger partial charge on any atom is -0.378 e. The van der Waals surface area contributed by atoms with Gasteiger partial charge in [0, 0.05) is 25.5 Å². The highest BCUT2D eigenvalue weighted by atomic mass is 32.2. The van der Waals surface area contributed by atoms with Crippen molar-refractivity contribution in [3.63, 3.8) is 0 Å². The van der Waals surface area contributed by atoms with Crippen molar-refractivity contribution in [2.45, 2.75) is 0 Å². The van der Waals surface area contributed by atoms with Crippen molar-refractivity contribution in [1.82, 2.24) is 14.7 Å². The minimum absolute atomic E-state index is 0.251. The van der Waals surface area contributed by atoms with Crippen LogP contribution in [-0.4, -0.2) is 68.1 Å². The number of ether oxygens (including phenoxy) is 1. The predicted molar refractivity (Wildman–Crippen MR) is 90.3 cm³/mol. The van der Waals surface area contributed by atoms with Gasteiger partial charge in [-0.15, -0.1) is 0 Å². The zero-order chi connectivity index (χ0) is 17.3. The van der Waals surface area contributed by atoms with Crippen LogP contribution in [-0.2, 0) is 26.6 Å². The second-order valence-corrected chi connectivity index (χ2v) is 7.63. The third-order valence-corrected chi connectivity index (χ3v) is 5.12. The number of nitrogens with zero attached hydrogens (tertiary/aromatic N) is 4. The van der Waals surface area contributed by atoms with Crippen LogP contribution < -0.4 is 4.31 Å². The molecule has 1 aromatic carbocycles. The molecule has 0 bridgehead atoms. The fourth-order valence-corrected chi connectivity index (χ4v) is 3.56. The van der Waals surface area contributed by atoms with Crippen LogP contribution in [0, 0.1) is 0 Å². The summed E-state index contributed by atoms with van der Waals surface area (Å²) in [6, 6.07) is 7.33. The van der Waals surface area contributed by atoms with Crippen LogP contribution in [0.3, 0.4) is 0 Å². The second-order valence-electron chi connectivity index (χ2n) is 5.73.